The predicted molar refractivity (Wildman–Crippen MR) is 78.8 cm³/mol. The summed E-state index contributed by atoms with van der Waals surface area (Å²) in [5.74, 6) is 4.97. The summed E-state index contributed by atoms with van der Waals surface area (Å²) in [7, 11) is 0. The SMILES string of the molecule is CCCCN(CCO)C(=O)c1ccc([N+](=O)[O-])c(NN)c1. The highest BCUT2D eigenvalue weighted by Crippen LogP contribution is 2.25. The van der Waals surface area contributed by atoms with Crippen molar-refractivity contribution in [1.29, 1.82) is 0 Å². The Morgan fingerprint density at radius 3 is 2.71 bits per heavy atom. The van der Waals surface area contributed by atoms with Crippen LogP contribution in [0.25, 0.3) is 0 Å². The van der Waals surface area contributed by atoms with Crippen LogP contribution in [0.15, 0.2) is 18.2 Å². The molecule has 0 aliphatic heterocycles. The van der Waals surface area contributed by atoms with Crippen LogP contribution in [0.3, 0.4) is 0 Å². The van der Waals surface area contributed by atoms with Crippen LogP contribution < -0.4 is 11.3 Å². The maximum Gasteiger partial charge on any atom is 0.293 e. The normalized spacial score (nSPS) is 10.2. The maximum atomic E-state index is 12.4. The number of unbranched alkanes of at least 4 members (excludes halogenated alkanes) is 1. The fourth-order valence-electron chi connectivity index (χ4n) is 1.91. The molecule has 1 aromatic carbocycles. The lowest BCUT2D eigenvalue weighted by Crippen LogP contribution is -2.34. The molecule has 0 saturated heterocycles. The number of nitrogen functional groups attached to an aromatic ring is 1. The number of benzene rings is 1. The zero-order valence-electron chi connectivity index (χ0n) is 11.9. The molecule has 0 bridgehead atoms. The number of amides is 1. The highest BCUT2D eigenvalue weighted by Gasteiger charge is 2.19. The molecule has 0 aliphatic rings. The Morgan fingerprint density at radius 2 is 2.19 bits per heavy atom. The molecule has 1 amide bonds. The van der Waals surface area contributed by atoms with Gasteiger partial charge in [-0.3, -0.25) is 20.8 Å². The standard InChI is InChI=1S/C13H20N4O4/c1-2-3-6-16(7-8-18)13(19)10-4-5-12(17(20)21)11(9-10)15-14/h4-5,9,15,18H,2-3,6-8,14H2,1H3. The van der Waals surface area contributed by atoms with E-state index in [9.17, 15) is 14.9 Å². The predicted octanol–water partition coefficient (Wildman–Crippen LogP) is 1.12. The van der Waals surface area contributed by atoms with Gasteiger partial charge in [-0.25, -0.2) is 0 Å². The number of nitro benzene ring substituents is 1. The van der Waals surface area contributed by atoms with Crippen molar-refractivity contribution >= 4 is 17.3 Å². The summed E-state index contributed by atoms with van der Waals surface area (Å²) >= 11 is 0. The van der Waals surface area contributed by atoms with Crippen LogP contribution in [0.5, 0.6) is 0 Å². The first-order valence-corrected chi connectivity index (χ1v) is 6.70. The second-order valence-electron chi connectivity index (χ2n) is 4.50. The van der Waals surface area contributed by atoms with Gasteiger partial charge in [0.2, 0.25) is 0 Å². The molecule has 0 radical (unpaired) electrons. The number of aliphatic hydroxyl groups is 1. The number of hydrazine groups is 1. The zero-order valence-corrected chi connectivity index (χ0v) is 11.9. The van der Waals surface area contributed by atoms with Crippen molar-refractivity contribution in [3.05, 3.63) is 33.9 Å². The highest BCUT2D eigenvalue weighted by molar-refractivity contribution is 5.96. The van der Waals surface area contributed by atoms with Crippen LogP contribution in [0.4, 0.5) is 11.4 Å². The van der Waals surface area contributed by atoms with E-state index in [-0.39, 0.29) is 36.0 Å². The van der Waals surface area contributed by atoms with Gasteiger partial charge in [-0.1, -0.05) is 13.3 Å². The van der Waals surface area contributed by atoms with E-state index in [4.69, 9.17) is 10.9 Å². The van der Waals surface area contributed by atoms with Gasteiger partial charge in [0, 0.05) is 24.7 Å². The molecule has 0 unspecified atom stereocenters. The number of nitrogens with zero attached hydrogens (tertiary/aromatic N) is 2. The quantitative estimate of drug-likeness (QED) is 0.375. The Balaban J connectivity index is 3.01. The first-order valence-electron chi connectivity index (χ1n) is 6.70. The van der Waals surface area contributed by atoms with Crippen molar-refractivity contribution in [1.82, 2.24) is 4.90 Å². The van der Waals surface area contributed by atoms with E-state index in [2.05, 4.69) is 5.43 Å². The fraction of sp³-hybridized carbons (Fsp3) is 0.462. The number of nitrogens with two attached hydrogens (primary N) is 1. The number of hydrogen-bond acceptors (Lipinski definition) is 6. The van der Waals surface area contributed by atoms with Gasteiger partial charge >= 0.3 is 0 Å². The summed E-state index contributed by atoms with van der Waals surface area (Å²) in [5, 5.41) is 19.9. The van der Waals surface area contributed by atoms with Gasteiger partial charge in [0.25, 0.3) is 11.6 Å². The van der Waals surface area contributed by atoms with Crippen LogP contribution in [0.1, 0.15) is 30.1 Å². The minimum absolute atomic E-state index is 0.0743. The maximum absolute atomic E-state index is 12.4. The van der Waals surface area contributed by atoms with E-state index in [0.717, 1.165) is 12.8 Å². The Morgan fingerprint density at radius 1 is 1.48 bits per heavy atom. The Kier molecular flexibility index (Phi) is 6.57. The largest absolute Gasteiger partial charge is 0.395 e. The number of hydrogen-bond donors (Lipinski definition) is 3. The van der Waals surface area contributed by atoms with E-state index in [1.807, 2.05) is 6.92 Å². The lowest BCUT2D eigenvalue weighted by molar-refractivity contribution is -0.384. The number of carbonyl (C=O) groups excluding carboxylic acids is 1. The first-order chi connectivity index (χ1) is 10.0. The van der Waals surface area contributed by atoms with Crippen molar-refractivity contribution in [2.75, 3.05) is 25.1 Å². The molecule has 1 rings (SSSR count). The minimum Gasteiger partial charge on any atom is -0.395 e. The van der Waals surface area contributed by atoms with Crippen LogP contribution in [0, 0.1) is 10.1 Å². The van der Waals surface area contributed by atoms with E-state index < -0.39 is 4.92 Å². The Hall–Kier alpha value is -2.19. The van der Waals surface area contributed by atoms with Gasteiger partial charge in [-0.05, 0) is 18.6 Å². The van der Waals surface area contributed by atoms with Gasteiger partial charge in [0.05, 0.1) is 11.5 Å². The smallest absolute Gasteiger partial charge is 0.293 e. The van der Waals surface area contributed by atoms with E-state index in [1.165, 1.54) is 23.1 Å². The topological polar surface area (TPSA) is 122 Å². The summed E-state index contributed by atoms with van der Waals surface area (Å²) in [4.78, 5) is 24.1. The molecule has 0 atom stereocenters. The summed E-state index contributed by atoms with van der Waals surface area (Å²) in [6.07, 6.45) is 1.74. The molecule has 8 nitrogen and oxygen atoms in total. The molecule has 0 spiro atoms. The molecule has 4 N–H and O–H groups in total. The second-order valence-corrected chi connectivity index (χ2v) is 4.50. The van der Waals surface area contributed by atoms with Gasteiger partial charge in [-0.15, -0.1) is 0 Å². The molecule has 116 valence electrons. The molecular weight excluding hydrogens is 276 g/mol. The third kappa shape index (κ3) is 4.40. The molecule has 0 aromatic heterocycles. The number of anilines is 1. The summed E-state index contributed by atoms with van der Waals surface area (Å²) in [5.41, 5.74) is 2.39. The lowest BCUT2D eigenvalue weighted by Gasteiger charge is -2.21. The van der Waals surface area contributed by atoms with Crippen molar-refractivity contribution in [2.24, 2.45) is 5.84 Å². The number of nitro groups is 1. The average Bonchev–Trinajstić information content (AvgIpc) is 2.49. The summed E-state index contributed by atoms with van der Waals surface area (Å²) in [6, 6.07) is 3.97. The molecule has 1 aromatic rings. The van der Waals surface area contributed by atoms with Crippen molar-refractivity contribution < 1.29 is 14.8 Å². The first kappa shape index (κ1) is 16.9. The summed E-state index contributed by atoms with van der Waals surface area (Å²) < 4.78 is 0. The second kappa shape index (κ2) is 8.18. The van der Waals surface area contributed by atoms with Crippen LogP contribution >= 0.6 is 0 Å². The monoisotopic (exact) mass is 296 g/mol. The average molecular weight is 296 g/mol. The van der Waals surface area contributed by atoms with Gasteiger partial charge in [-0.2, -0.15) is 0 Å². The number of nitrogens with one attached hydrogen (secondary N) is 1. The van der Waals surface area contributed by atoms with Crippen LogP contribution in [-0.2, 0) is 0 Å². The molecule has 0 fully saturated rings. The number of rotatable bonds is 8. The third-order valence-electron chi connectivity index (χ3n) is 3.03. The zero-order chi connectivity index (χ0) is 15.8. The van der Waals surface area contributed by atoms with E-state index in [0.29, 0.717) is 6.54 Å². The molecule has 8 heteroatoms. The van der Waals surface area contributed by atoms with Gasteiger partial charge < -0.3 is 15.4 Å². The molecule has 0 heterocycles. The van der Waals surface area contributed by atoms with Crippen molar-refractivity contribution in [3.8, 4) is 0 Å². The third-order valence-corrected chi connectivity index (χ3v) is 3.03. The Labute approximate surface area is 122 Å². The number of aliphatic hydroxyl groups excluding tert-OH is 1. The van der Waals surface area contributed by atoms with Crippen LogP contribution in [-0.4, -0.2) is 40.5 Å². The fourth-order valence-corrected chi connectivity index (χ4v) is 1.91. The lowest BCUT2D eigenvalue weighted by atomic mass is 10.1. The molecule has 0 aliphatic carbocycles. The van der Waals surface area contributed by atoms with E-state index in [1.54, 1.807) is 0 Å². The Bertz CT molecular complexity index is 507. The van der Waals surface area contributed by atoms with Crippen molar-refractivity contribution in [2.45, 2.75) is 19.8 Å². The molecule has 21 heavy (non-hydrogen) atoms. The molecular formula is C13H20N4O4. The molecule has 0 saturated carbocycles. The van der Waals surface area contributed by atoms with Crippen LogP contribution in [0.2, 0.25) is 0 Å². The minimum atomic E-state index is -0.577. The van der Waals surface area contributed by atoms with Gasteiger partial charge in [0.15, 0.2) is 0 Å². The van der Waals surface area contributed by atoms with Crippen molar-refractivity contribution in [3.63, 3.8) is 0 Å². The highest BCUT2D eigenvalue weighted by atomic mass is 16.6. The van der Waals surface area contributed by atoms with E-state index >= 15 is 0 Å². The summed E-state index contributed by atoms with van der Waals surface area (Å²) in [6.45, 7) is 2.62. The number of carbonyl (C=O) groups is 1. The van der Waals surface area contributed by atoms with Gasteiger partial charge in [0.1, 0.15) is 5.69 Å².